The molecule has 5 rings (SSSR count). The topological polar surface area (TPSA) is 111 Å². The van der Waals surface area contributed by atoms with Gasteiger partial charge in [-0.05, 0) is 67.3 Å². The molecule has 264 valence electrons. The predicted molar refractivity (Wildman–Crippen MR) is 200 cm³/mol. The van der Waals surface area contributed by atoms with Crippen molar-refractivity contribution in [1.82, 2.24) is 10.2 Å². The highest BCUT2D eigenvalue weighted by molar-refractivity contribution is 8.00. The van der Waals surface area contributed by atoms with E-state index in [2.05, 4.69) is 48.3 Å². The molecule has 0 spiro atoms. The number of Topliss-reactive ketones (excluding diaryl/α,β-unsaturated/α-hetero) is 1. The number of carbonyl (C=O) groups excluding carboxylic acids is 2. The summed E-state index contributed by atoms with van der Waals surface area (Å²) in [6, 6.07) is 19.5. The third-order valence-electron chi connectivity index (χ3n) is 8.43. The number of aliphatic hydroxyl groups excluding tert-OH is 1. The molecule has 2 heterocycles. The van der Waals surface area contributed by atoms with Crippen LogP contribution in [0.15, 0.2) is 76.6 Å². The number of benzene rings is 3. The first-order valence-electron chi connectivity index (χ1n) is 17.2. The van der Waals surface area contributed by atoms with Crippen LogP contribution in [0, 0.1) is 6.92 Å². The SMILES string of the molecule is CCCCCCCOc1ccc(C2C(=C(O)c3ccc(OCCCC)cc3)C(=O)C(=O)N2c2nnc(SCc3ccc(C)cc3)s2)cc1OC. The summed E-state index contributed by atoms with van der Waals surface area (Å²) in [6.45, 7) is 7.45. The molecule has 9 nitrogen and oxygen atoms in total. The van der Waals surface area contributed by atoms with Crippen LogP contribution in [-0.4, -0.2) is 47.3 Å². The van der Waals surface area contributed by atoms with E-state index in [0.29, 0.717) is 51.7 Å². The summed E-state index contributed by atoms with van der Waals surface area (Å²) < 4.78 is 18.2. The average molecular weight is 716 g/mol. The normalized spacial score (nSPS) is 15.4. The molecule has 1 amide bonds. The third kappa shape index (κ3) is 9.05. The monoisotopic (exact) mass is 715 g/mol. The smallest absolute Gasteiger partial charge is 0.301 e. The molecule has 1 aliphatic heterocycles. The number of ketones is 1. The van der Waals surface area contributed by atoms with Crippen LogP contribution in [0.4, 0.5) is 5.13 Å². The lowest BCUT2D eigenvalue weighted by Gasteiger charge is -2.23. The van der Waals surface area contributed by atoms with E-state index >= 15 is 0 Å². The van der Waals surface area contributed by atoms with Gasteiger partial charge in [0, 0.05) is 11.3 Å². The van der Waals surface area contributed by atoms with Crippen LogP contribution in [0.2, 0.25) is 0 Å². The van der Waals surface area contributed by atoms with E-state index in [0.717, 1.165) is 31.2 Å². The number of hydrogen-bond acceptors (Lipinski definition) is 10. The molecule has 1 aliphatic rings. The summed E-state index contributed by atoms with van der Waals surface area (Å²) >= 11 is 2.73. The number of aliphatic hydroxyl groups is 1. The Morgan fingerprint density at radius 1 is 0.860 bits per heavy atom. The van der Waals surface area contributed by atoms with E-state index in [1.165, 1.54) is 52.8 Å². The first kappa shape index (κ1) is 36.9. The van der Waals surface area contributed by atoms with E-state index < -0.39 is 17.7 Å². The van der Waals surface area contributed by atoms with Gasteiger partial charge in [0.15, 0.2) is 15.8 Å². The Morgan fingerprint density at radius 2 is 1.58 bits per heavy atom. The highest BCUT2D eigenvalue weighted by atomic mass is 32.2. The van der Waals surface area contributed by atoms with Crippen molar-refractivity contribution in [2.45, 2.75) is 81.9 Å². The minimum Gasteiger partial charge on any atom is -0.507 e. The van der Waals surface area contributed by atoms with Crippen molar-refractivity contribution in [1.29, 1.82) is 0 Å². The summed E-state index contributed by atoms with van der Waals surface area (Å²) in [5, 5.41) is 20.6. The fourth-order valence-corrected chi connectivity index (χ4v) is 7.42. The third-order valence-corrected chi connectivity index (χ3v) is 10.6. The van der Waals surface area contributed by atoms with Crippen molar-refractivity contribution in [3.8, 4) is 17.2 Å². The maximum atomic E-state index is 13.8. The second-order valence-electron chi connectivity index (χ2n) is 12.2. The molecule has 1 fully saturated rings. The van der Waals surface area contributed by atoms with E-state index in [1.54, 1.807) is 49.6 Å². The van der Waals surface area contributed by atoms with Crippen LogP contribution in [0.25, 0.3) is 5.76 Å². The van der Waals surface area contributed by atoms with Crippen molar-refractivity contribution < 1.29 is 28.9 Å². The van der Waals surface area contributed by atoms with Crippen molar-refractivity contribution in [3.05, 3.63) is 94.6 Å². The fraction of sp³-hybridized carbons (Fsp3) is 0.385. The molecule has 1 aromatic heterocycles. The van der Waals surface area contributed by atoms with Crippen LogP contribution in [0.5, 0.6) is 17.2 Å². The van der Waals surface area contributed by atoms with Gasteiger partial charge >= 0.3 is 5.91 Å². The average Bonchev–Trinajstić information content (AvgIpc) is 3.71. The largest absolute Gasteiger partial charge is 0.507 e. The van der Waals surface area contributed by atoms with Crippen molar-refractivity contribution in [2.24, 2.45) is 0 Å². The molecule has 1 unspecified atom stereocenters. The number of aromatic nitrogens is 2. The molecule has 0 saturated carbocycles. The molecular weight excluding hydrogens is 671 g/mol. The van der Waals surface area contributed by atoms with Gasteiger partial charge in [-0.3, -0.25) is 14.5 Å². The van der Waals surface area contributed by atoms with Gasteiger partial charge in [-0.15, -0.1) is 10.2 Å². The van der Waals surface area contributed by atoms with Gasteiger partial charge in [-0.25, -0.2) is 0 Å². The van der Waals surface area contributed by atoms with Crippen molar-refractivity contribution in [2.75, 3.05) is 25.2 Å². The van der Waals surface area contributed by atoms with Gasteiger partial charge in [0.05, 0.1) is 31.9 Å². The Labute approximate surface area is 302 Å². The molecule has 1 N–H and O–H groups in total. The second kappa shape index (κ2) is 18.1. The number of ether oxygens (including phenoxy) is 3. The number of rotatable bonds is 18. The summed E-state index contributed by atoms with van der Waals surface area (Å²) in [6.07, 6.45) is 7.49. The van der Waals surface area contributed by atoms with Gasteiger partial charge < -0.3 is 19.3 Å². The molecule has 0 aliphatic carbocycles. The highest BCUT2D eigenvalue weighted by Gasteiger charge is 2.48. The molecule has 4 aromatic rings. The summed E-state index contributed by atoms with van der Waals surface area (Å²) in [4.78, 5) is 28.9. The van der Waals surface area contributed by atoms with Gasteiger partial charge in [-0.1, -0.05) is 105 Å². The number of carbonyl (C=O) groups is 2. The molecule has 1 atom stereocenters. The lowest BCUT2D eigenvalue weighted by molar-refractivity contribution is -0.132. The van der Waals surface area contributed by atoms with Gasteiger partial charge in [-0.2, -0.15) is 0 Å². The van der Waals surface area contributed by atoms with Crippen LogP contribution in [0.3, 0.4) is 0 Å². The maximum Gasteiger partial charge on any atom is 0.301 e. The summed E-state index contributed by atoms with van der Waals surface area (Å²) in [5.74, 6) is 0.449. The number of unbranched alkanes of at least 4 members (excludes halogenated alkanes) is 5. The standard InChI is InChI=1S/C39H45N3O6S2/c1-5-7-9-10-11-23-48-31-21-18-29(24-32(31)46-4)34-33(35(43)28-16-19-30(20-17-28)47-22-8-6-2)36(44)37(45)42(34)38-40-41-39(50-38)49-25-27-14-12-26(3)13-15-27/h12-21,24,34,43H,5-11,22-23,25H2,1-4H3. The quantitative estimate of drug-likeness (QED) is 0.0269. The molecular formula is C39H45N3O6S2. The number of anilines is 1. The van der Waals surface area contributed by atoms with Crippen molar-refractivity contribution >= 4 is 45.7 Å². The highest BCUT2D eigenvalue weighted by Crippen LogP contribution is 2.45. The predicted octanol–water partition coefficient (Wildman–Crippen LogP) is 9.30. The zero-order chi connectivity index (χ0) is 35.5. The van der Waals surface area contributed by atoms with E-state index in [4.69, 9.17) is 14.2 Å². The van der Waals surface area contributed by atoms with Crippen LogP contribution < -0.4 is 19.1 Å². The van der Waals surface area contributed by atoms with Crippen LogP contribution in [-0.2, 0) is 15.3 Å². The number of methoxy groups -OCH3 is 1. The lowest BCUT2D eigenvalue weighted by Crippen LogP contribution is -2.29. The van der Waals surface area contributed by atoms with Gasteiger partial charge in [0.1, 0.15) is 11.5 Å². The summed E-state index contributed by atoms with van der Waals surface area (Å²) in [7, 11) is 1.55. The van der Waals surface area contributed by atoms with Gasteiger partial charge in [0.2, 0.25) is 5.13 Å². The Bertz CT molecular complexity index is 1770. The van der Waals surface area contributed by atoms with E-state index in [1.807, 2.05) is 6.92 Å². The number of thioether (sulfide) groups is 1. The Morgan fingerprint density at radius 3 is 2.30 bits per heavy atom. The minimum atomic E-state index is -0.990. The van der Waals surface area contributed by atoms with Crippen molar-refractivity contribution in [3.63, 3.8) is 0 Å². The number of amides is 1. The molecule has 3 aromatic carbocycles. The minimum absolute atomic E-state index is 0.0506. The number of aryl methyl sites for hydroxylation is 1. The maximum absolute atomic E-state index is 13.8. The van der Waals surface area contributed by atoms with Crippen LogP contribution >= 0.6 is 23.1 Å². The molecule has 0 bridgehead atoms. The Balaban J connectivity index is 1.48. The molecule has 0 radical (unpaired) electrons. The van der Waals surface area contributed by atoms with E-state index in [-0.39, 0.29) is 16.5 Å². The first-order chi connectivity index (χ1) is 24.3. The molecule has 50 heavy (non-hydrogen) atoms. The second-order valence-corrected chi connectivity index (χ2v) is 14.4. The Kier molecular flexibility index (Phi) is 13.3. The Hall–Kier alpha value is -4.35. The van der Waals surface area contributed by atoms with E-state index in [9.17, 15) is 14.7 Å². The fourth-order valence-electron chi connectivity index (χ4n) is 5.59. The number of nitrogens with zero attached hydrogens (tertiary/aromatic N) is 3. The zero-order valence-corrected chi connectivity index (χ0v) is 30.8. The molecule has 11 heteroatoms. The first-order valence-corrected chi connectivity index (χ1v) is 19.0. The van der Waals surface area contributed by atoms with Crippen LogP contribution in [0.1, 0.15) is 87.1 Å². The zero-order valence-electron chi connectivity index (χ0n) is 29.1. The molecule has 1 saturated heterocycles. The summed E-state index contributed by atoms with van der Waals surface area (Å²) in [5.41, 5.74) is 3.21. The number of hydrogen-bond donors (Lipinski definition) is 1. The lowest BCUT2D eigenvalue weighted by atomic mass is 9.95. The van der Waals surface area contributed by atoms with Gasteiger partial charge in [0.25, 0.3) is 5.78 Å².